The van der Waals surface area contributed by atoms with E-state index < -0.39 is 0 Å². The van der Waals surface area contributed by atoms with E-state index in [0.717, 1.165) is 39.8 Å². The summed E-state index contributed by atoms with van der Waals surface area (Å²) >= 11 is 7.60. The largest absolute Gasteiger partial charge is 0.369 e. The zero-order valence-electron chi connectivity index (χ0n) is 12.0. The minimum Gasteiger partial charge on any atom is -0.369 e. The van der Waals surface area contributed by atoms with Crippen molar-refractivity contribution in [2.24, 2.45) is 0 Å². The summed E-state index contributed by atoms with van der Waals surface area (Å²) < 4.78 is 0. The normalized spacial score (nSPS) is 11.0. The lowest BCUT2D eigenvalue weighted by molar-refractivity contribution is 0.995. The van der Waals surface area contributed by atoms with Crippen molar-refractivity contribution in [1.29, 1.82) is 0 Å². The Balaban J connectivity index is 1.74. The number of benzene rings is 1. The maximum absolute atomic E-state index is 5.90. The number of hydrogen-bond donors (Lipinski definition) is 1. The van der Waals surface area contributed by atoms with E-state index >= 15 is 0 Å². The van der Waals surface area contributed by atoms with Crippen LogP contribution in [0.25, 0.3) is 10.2 Å². The fourth-order valence-corrected chi connectivity index (χ4v) is 3.31. The summed E-state index contributed by atoms with van der Waals surface area (Å²) in [5, 5.41) is 5.31. The number of anilines is 1. The molecule has 0 atom stereocenters. The zero-order valence-corrected chi connectivity index (χ0v) is 13.6. The van der Waals surface area contributed by atoms with Gasteiger partial charge < -0.3 is 5.32 Å². The minimum absolute atomic E-state index is 0.772. The molecule has 21 heavy (non-hydrogen) atoms. The van der Waals surface area contributed by atoms with E-state index in [1.165, 1.54) is 10.4 Å². The average molecular weight is 318 g/mol. The van der Waals surface area contributed by atoms with Crippen LogP contribution in [-0.4, -0.2) is 16.5 Å². The zero-order chi connectivity index (χ0) is 14.8. The Labute approximate surface area is 133 Å². The summed E-state index contributed by atoms with van der Waals surface area (Å²) in [6, 6.07) is 10.1. The van der Waals surface area contributed by atoms with Gasteiger partial charge in [-0.3, -0.25) is 0 Å². The first-order valence-corrected chi connectivity index (χ1v) is 8.04. The van der Waals surface area contributed by atoms with Crippen molar-refractivity contribution in [3.63, 3.8) is 0 Å². The molecule has 0 spiro atoms. The number of nitrogens with zero attached hydrogens (tertiary/aromatic N) is 2. The Bertz CT molecular complexity index is 765. The van der Waals surface area contributed by atoms with E-state index in [9.17, 15) is 0 Å². The smallest absolute Gasteiger partial charge is 0.138 e. The Morgan fingerprint density at radius 2 is 1.90 bits per heavy atom. The molecule has 0 aliphatic heterocycles. The first-order valence-electron chi connectivity index (χ1n) is 6.85. The van der Waals surface area contributed by atoms with Crippen molar-refractivity contribution in [2.75, 3.05) is 11.9 Å². The molecule has 0 unspecified atom stereocenters. The summed E-state index contributed by atoms with van der Waals surface area (Å²) in [6.07, 6.45) is 0.935. The molecule has 3 aromatic rings. The Morgan fingerprint density at radius 1 is 1.14 bits per heavy atom. The van der Waals surface area contributed by atoms with Gasteiger partial charge in [-0.05, 0) is 44.0 Å². The highest BCUT2D eigenvalue weighted by atomic mass is 35.5. The molecule has 2 aromatic heterocycles. The topological polar surface area (TPSA) is 37.8 Å². The Hall–Kier alpha value is -1.65. The van der Waals surface area contributed by atoms with Crippen molar-refractivity contribution in [3.05, 3.63) is 51.6 Å². The van der Waals surface area contributed by atoms with E-state index in [4.69, 9.17) is 11.6 Å². The van der Waals surface area contributed by atoms with Gasteiger partial charge in [0.25, 0.3) is 0 Å². The molecule has 3 rings (SSSR count). The molecule has 0 fully saturated rings. The lowest BCUT2D eigenvalue weighted by Gasteiger charge is -2.07. The number of halogens is 1. The Kier molecular flexibility index (Phi) is 4.08. The summed E-state index contributed by atoms with van der Waals surface area (Å²) in [5.41, 5.74) is 1.26. The minimum atomic E-state index is 0.772. The molecule has 3 nitrogen and oxygen atoms in total. The molecule has 0 aliphatic rings. The van der Waals surface area contributed by atoms with Crippen LogP contribution in [0, 0.1) is 13.8 Å². The summed E-state index contributed by atoms with van der Waals surface area (Å²) in [7, 11) is 0. The van der Waals surface area contributed by atoms with Gasteiger partial charge in [0.2, 0.25) is 0 Å². The molecule has 0 saturated heterocycles. The van der Waals surface area contributed by atoms with Crippen LogP contribution in [-0.2, 0) is 6.42 Å². The highest BCUT2D eigenvalue weighted by Crippen LogP contribution is 2.28. The molecule has 0 aliphatic carbocycles. The highest BCUT2D eigenvalue weighted by Gasteiger charge is 2.08. The summed E-state index contributed by atoms with van der Waals surface area (Å²) in [5.74, 6) is 1.73. The number of aryl methyl sites for hydroxylation is 2. The second-order valence-corrected chi connectivity index (χ2v) is 6.67. The van der Waals surface area contributed by atoms with E-state index in [2.05, 4.69) is 40.4 Å². The van der Waals surface area contributed by atoms with Crippen LogP contribution in [0.4, 0.5) is 5.82 Å². The van der Waals surface area contributed by atoms with Gasteiger partial charge in [-0.25, -0.2) is 9.97 Å². The van der Waals surface area contributed by atoms with Crippen LogP contribution in [0.3, 0.4) is 0 Å². The second kappa shape index (κ2) is 6.00. The van der Waals surface area contributed by atoms with Crippen molar-refractivity contribution < 1.29 is 0 Å². The number of fused-ring (bicyclic) bond motifs is 1. The summed E-state index contributed by atoms with van der Waals surface area (Å²) in [4.78, 5) is 11.3. The van der Waals surface area contributed by atoms with Crippen LogP contribution in [0.2, 0.25) is 5.02 Å². The maximum atomic E-state index is 5.90. The number of aromatic nitrogens is 2. The Morgan fingerprint density at radius 3 is 2.67 bits per heavy atom. The fourth-order valence-electron chi connectivity index (χ4n) is 2.26. The predicted molar refractivity (Wildman–Crippen MR) is 90.5 cm³/mol. The molecule has 108 valence electrons. The van der Waals surface area contributed by atoms with Gasteiger partial charge in [0.15, 0.2) is 0 Å². The third kappa shape index (κ3) is 3.34. The van der Waals surface area contributed by atoms with Gasteiger partial charge in [-0.1, -0.05) is 23.7 Å². The van der Waals surface area contributed by atoms with Crippen LogP contribution in [0.15, 0.2) is 30.3 Å². The molecular formula is C16H16ClN3S. The fraction of sp³-hybridized carbons (Fsp3) is 0.250. The average Bonchev–Trinajstić information content (AvgIpc) is 2.81. The van der Waals surface area contributed by atoms with Gasteiger partial charge in [0.05, 0.1) is 5.39 Å². The van der Waals surface area contributed by atoms with Gasteiger partial charge in [0, 0.05) is 16.4 Å². The van der Waals surface area contributed by atoms with E-state index in [-0.39, 0.29) is 0 Å². The van der Waals surface area contributed by atoms with Crippen LogP contribution in [0.5, 0.6) is 0 Å². The first kappa shape index (κ1) is 14.3. The quantitative estimate of drug-likeness (QED) is 0.763. The lowest BCUT2D eigenvalue weighted by Crippen LogP contribution is -2.07. The molecule has 0 radical (unpaired) electrons. The van der Waals surface area contributed by atoms with Crippen LogP contribution in [0.1, 0.15) is 16.3 Å². The standard InChI is InChI=1S/C16H16ClN3S/c1-10-9-14-15(19-11(2)20-16(14)21-10)18-8-7-12-3-5-13(17)6-4-12/h3-6,9H,7-8H2,1-2H3,(H,18,19,20). The lowest BCUT2D eigenvalue weighted by atomic mass is 10.1. The van der Waals surface area contributed by atoms with Gasteiger partial charge >= 0.3 is 0 Å². The maximum Gasteiger partial charge on any atom is 0.138 e. The molecule has 0 bridgehead atoms. The number of nitrogens with one attached hydrogen (secondary N) is 1. The highest BCUT2D eigenvalue weighted by molar-refractivity contribution is 7.18. The third-order valence-corrected chi connectivity index (χ3v) is 4.44. The van der Waals surface area contributed by atoms with Crippen LogP contribution < -0.4 is 5.32 Å². The van der Waals surface area contributed by atoms with Crippen molar-refractivity contribution in [3.8, 4) is 0 Å². The van der Waals surface area contributed by atoms with E-state index in [1.54, 1.807) is 11.3 Å². The number of thiophene rings is 1. The van der Waals surface area contributed by atoms with Crippen molar-refractivity contribution in [1.82, 2.24) is 9.97 Å². The number of rotatable bonds is 4. The molecular weight excluding hydrogens is 302 g/mol. The molecule has 1 N–H and O–H groups in total. The molecule has 0 saturated carbocycles. The third-order valence-electron chi connectivity index (χ3n) is 3.25. The van der Waals surface area contributed by atoms with Gasteiger partial charge in [-0.15, -0.1) is 11.3 Å². The summed E-state index contributed by atoms with van der Waals surface area (Å²) in [6.45, 7) is 4.86. The van der Waals surface area contributed by atoms with Gasteiger partial charge in [-0.2, -0.15) is 0 Å². The molecule has 1 aromatic carbocycles. The molecule has 2 heterocycles. The van der Waals surface area contributed by atoms with Crippen molar-refractivity contribution >= 4 is 39.0 Å². The van der Waals surface area contributed by atoms with E-state index in [1.807, 2.05) is 19.1 Å². The van der Waals surface area contributed by atoms with Gasteiger partial charge in [0.1, 0.15) is 16.5 Å². The molecule has 0 amide bonds. The number of hydrogen-bond acceptors (Lipinski definition) is 4. The van der Waals surface area contributed by atoms with Crippen LogP contribution >= 0.6 is 22.9 Å². The van der Waals surface area contributed by atoms with Crippen molar-refractivity contribution in [2.45, 2.75) is 20.3 Å². The van der Waals surface area contributed by atoms with E-state index in [0.29, 0.717) is 0 Å². The molecule has 5 heteroatoms. The SMILES string of the molecule is Cc1nc(NCCc2ccc(Cl)cc2)c2cc(C)sc2n1. The predicted octanol–water partition coefficient (Wildman–Crippen LogP) is 4.62. The first-order chi connectivity index (χ1) is 10.1. The monoisotopic (exact) mass is 317 g/mol. The second-order valence-electron chi connectivity index (χ2n) is 5.00.